The summed E-state index contributed by atoms with van der Waals surface area (Å²) in [6.07, 6.45) is 9.66. The number of unbranched alkanes of at least 4 members (excludes halogenated alkanes) is 5. The van der Waals surface area contributed by atoms with Crippen molar-refractivity contribution in [1.82, 2.24) is 0 Å². The molecule has 0 aliphatic heterocycles. The van der Waals surface area contributed by atoms with E-state index in [9.17, 15) is 0 Å². The first-order chi connectivity index (χ1) is 6.18. The largest absolute Gasteiger partial charge is 0.328 e. The van der Waals surface area contributed by atoms with E-state index < -0.39 is 0 Å². The lowest BCUT2D eigenvalue weighted by Crippen LogP contribution is -2.23. The molecule has 0 rings (SSSR count). The smallest absolute Gasteiger partial charge is 0.00361 e. The van der Waals surface area contributed by atoms with Crippen LogP contribution in [0.3, 0.4) is 0 Å². The van der Waals surface area contributed by atoms with Crippen LogP contribution in [0.5, 0.6) is 0 Å². The summed E-state index contributed by atoms with van der Waals surface area (Å²) >= 11 is 0. The molecule has 0 saturated heterocycles. The zero-order valence-corrected chi connectivity index (χ0v) is 9.68. The van der Waals surface area contributed by atoms with Gasteiger partial charge >= 0.3 is 0 Å². The van der Waals surface area contributed by atoms with E-state index in [1.807, 2.05) is 0 Å². The van der Waals surface area contributed by atoms with Crippen molar-refractivity contribution >= 4 is 0 Å². The Kier molecular flexibility index (Phi) is 8.53. The molecule has 0 aromatic heterocycles. The van der Waals surface area contributed by atoms with Gasteiger partial charge in [0.15, 0.2) is 0 Å². The van der Waals surface area contributed by atoms with Crippen LogP contribution >= 0.6 is 0 Å². The number of hydrogen-bond acceptors (Lipinski definition) is 1. The Labute approximate surface area is 84.1 Å². The lowest BCUT2D eigenvalue weighted by molar-refractivity contribution is 0.424. The average molecular weight is 185 g/mol. The third-order valence-electron chi connectivity index (χ3n) is 2.91. The highest BCUT2D eigenvalue weighted by molar-refractivity contribution is 4.63. The van der Waals surface area contributed by atoms with Crippen molar-refractivity contribution in [2.75, 3.05) is 0 Å². The topological polar surface area (TPSA) is 26.0 Å². The molecule has 0 fully saturated rings. The summed E-state index contributed by atoms with van der Waals surface area (Å²) < 4.78 is 0. The van der Waals surface area contributed by atoms with E-state index in [2.05, 4.69) is 20.8 Å². The molecule has 80 valence electrons. The highest BCUT2D eigenvalue weighted by Crippen LogP contribution is 2.13. The maximum atomic E-state index is 5.80. The van der Waals surface area contributed by atoms with Gasteiger partial charge in [0, 0.05) is 6.04 Å². The van der Waals surface area contributed by atoms with Crippen molar-refractivity contribution in [3.05, 3.63) is 0 Å². The second-order valence-electron chi connectivity index (χ2n) is 4.39. The molecular weight excluding hydrogens is 158 g/mol. The van der Waals surface area contributed by atoms with Gasteiger partial charge in [-0.15, -0.1) is 0 Å². The Morgan fingerprint density at radius 1 is 0.923 bits per heavy atom. The molecule has 1 nitrogen and oxygen atoms in total. The van der Waals surface area contributed by atoms with Gasteiger partial charge in [-0.25, -0.2) is 0 Å². The van der Waals surface area contributed by atoms with Crippen molar-refractivity contribution in [1.29, 1.82) is 0 Å². The van der Waals surface area contributed by atoms with Crippen molar-refractivity contribution in [2.45, 2.75) is 71.8 Å². The van der Waals surface area contributed by atoms with Gasteiger partial charge in [-0.3, -0.25) is 0 Å². The van der Waals surface area contributed by atoms with Crippen LogP contribution in [-0.4, -0.2) is 6.04 Å². The van der Waals surface area contributed by atoms with E-state index in [1.54, 1.807) is 0 Å². The van der Waals surface area contributed by atoms with Crippen LogP contribution < -0.4 is 5.73 Å². The molecule has 0 aliphatic carbocycles. The minimum atomic E-state index is 0.371. The van der Waals surface area contributed by atoms with Crippen LogP contribution in [0.15, 0.2) is 0 Å². The molecule has 1 heteroatoms. The maximum absolute atomic E-state index is 5.80. The highest BCUT2D eigenvalue weighted by Gasteiger charge is 2.05. The van der Waals surface area contributed by atoms with Crippen LogP contribution in [0.2, 0.25) is 0 Å². The summed E-state index contributed by atoms with van der Waals surface area (Å²) in [5.74, 6) is 0.700. The number of rotatable bonds is 8. The Balaban J connectivity index is 3.07. The molecule has 0 aromatic rings. The third-order valence-corrected chi connectivity index (χ3v) is 2.91. The van der Waals surface area contributed by atoms with E-state index in [-0.39, 0.29) is 0 Å². The summed E-state index contributed by atoms with van der Waals surface area (Å²) in [5, 5.41) is 0. The molecule has 2 unspecified atom stereocenters. The van der Waals surface area contributed by atoms with Gasteiger partial charge in [-0.05, 0) is 19.3 Å². The minimum absolute atomic E-state index is 0.371. The Hall–Kier alpha value is -0.0400. The zero-order valence-electron chi connectivity index (χ0n) is 9.68. The summed E-state index contributed by atoms with van der Waals surface area (Å²) in [7, 11) is 0. The van der Waals surface area contributed by atoms with Gasteiger partial charge in [-0.1, -0.05) is 52.4 Å². The second-order valence-corrected chi connectivity index (χ2v) is 4.39. The van der Waals surface area contributed by atoms with Crippen LogP contribution in [-0.2, 0) is 0 Å². The number of hydrogen-bond donors (Lipinski definition) is 1. The quantitative estimate of drug-likeness (QED) is 0.573. The summed E-state index contributed by atoms with van der Waals surface area (Å²) in [5.41, 5.74) is 5.80. The van der Waals surface area contributed by atoms with Gasteiger partial charge in [-0.2, -0.15) is 0 Å². The molecule has 0 radical (unpaired) electrons. The molecule has 2 N–H and O–H groups in total. The normalized spacial score (nSPS) is 15.7. The molecule has 2 atom stereocenters. The summed E-state index contributed by atoms with van der Waals surface area (Å²) in [4.78, 5) is 0. The predicted molar refractivity (Wildman–Crippen MR) is 60.8 cm³/mol. The monoisotopic (exact) mass is 185 g/mol. The van der Waals surface area contributed by atoms with E-state index in [0.29, 0.717) is 12.0 Å². The van der Waals surface area contributed by atoms with E-state index in [4.69, 9.17) is 5.73 Å². The molecule has 0 heterocycles. The standard InChI is InChI=1S/C12H27N/c1-4-5-6-7-8-9-10-11(2)12(3)13/h11-12H,4-10,13H2,1-3H3. The van der Waals surface area contributed by atoms with Crippen LogP contribution in [0.25, 0.3) is 0 Å². The van der Waals surface area contributed by atoms with Gasteiger partial charge in [0.2, 0.25) is 0 Å². The lowest BCUT2D eigenvalue weighted by Gasteiger charge is -2.14. The first-order valence-electron chi connectivity index (χ1n) is 5.94. The van der Waals surface area contributed by atoms with Crippen molar-refractivity contribution in [3.8, 4) is 0 Å². The minimum Gasteiger partial charge on any atom is -0.328 e. The van der Waals surface area contributed by atoms with Crippen LogP contribution in [0, 0.1) is 5.92 Å². The summed E-state index contributed by atoms with van der Waals surface area (Å²) in [6.45, 7) is 6.64. The molecule has 0 aromatic carbocycles. The first-order valence-corrected chi connectivity index (χ1v) is 5.94. The van der Waals surface area contributed by atoms with Crippen LogP contribution in [0.1, 0.15) is 65.7 Å². The summed E-state index contributed by atoms with van der Waals surface area (Å²) in [6, 6.07) is 0.371. The van der Waals surface area contributed by atoms with Gasteiger partial charge < -0.3 is 5.73 Å². The predicted octanol–water partition coefficient (Wildman–Crippen LogP) is 3.72. The molecule has 0 bridgehead atoms. The molecule has 0 aliphatic rings. The Bertz CT molecular complexity index is 99.3. The lowest BCUT2D eigenvalue weighted by atomic mass is 9.96. The Morgan fingerprint density at radius 3 is 2.00 bits per heavy atom. The van der Waals surface area contributed by atoms with E-state index >= 15 is 0 Å². The van der Waals surface area contributed by atoms with Crippen molar-refractivity contribution in [3.63, 3.8) is 0 Å². The SMILES string of the molecule is CCCCCCCCC(C)C(C)N. The van der Waals surface area contributed by atoms with Gasteiger partial charge in [0.1, 0.15) is 0 Å². The highest BCUT2D eigenvalue weighted by atomic mass is 14.6. The van der Waals surface area contributed by atoms with Gasteiger partial charge in [0.25, 0.3) is 0 Å². The fourth-order valence-corrected chi connectivity index (χ4v) is 1.51. The van der Waals surface area contributed by atoms with E-state index in [1.165, 1.54) is 44.9 Å². The van der Waals surface area contributed by atoms with Gasteiger partial charge in [0.05, 0.1) is 0 Å². The Morgan fingerprint density at radius 2 is 1.46 bits per heavy atom. The molecule has 0 spiro atoms. The molecular formula is C12H27N. The fraction of sp³-hybridized carbons (Fsp3) is 1.00. The zero-order chi connectivity index (χ0) is 10.1. The molecule has 13 heavy (non-hydrogen) atoms. The number of nitrogens with two attached hydrogens (primary N) is 1. The fourth-order valence-electron chi connectivity index (χ4n) is 1.51. The van der Waals surface area contributed by atoms with Crippen molar-refractivity contribution in [2.24, 2.45) is 11.7 Å². The van der Waals surface area contributed by atoms with Crippen LogP contribution in [0.4, 0.5) is 0 Å². The second kappa shape index (κ2) is 8.55. The third kappa shape index (κ3) is 8.29. The molecule has 0 saturated carbocycles. The van der Waals surface area contributed by atoms with Crippen molar-refractivity contribution < 1.29 is 0 Å². The first kappa shape index (κ1) is 13.0. The van der Waals surface area contributed by atoms with E-state index in [0.717, 1.165) is 0 Å². The average Bonchev–Trinajstić information content (AvgIpc) is 2.10. The maximum Gasteiger partial charge on any atom is 0.00361 e. The molecule has 0 amide bonds.